The third-order valence-electron chi connectivity index (χ3n) is 24.2. The van der Waals surface area contributed by atoms with Crippen LogP contribution in [0.3, 0.4) is 0 Å². The first-order valence-electron chi connectivity index (χ1n) is 39.9. The Morgan fingerprint density at radius 2 is 0.450 bits per heavy atom. The summed E-state index contributed by atoms with van der Waals surface area (Å²) >= 11 is 0. The Morgan fingerprint density at radius 1 is 0.234 bits per heavy atom. The molecule has 0 unspecified atom stereocenters. The Balaban J connectivity index is 1.21. The van der Waals surface area contributed by atoms with Crippen molar-refractivity contribution in [3.05, 3.63) is 257 Å². The molecule has 0 bridgehead atoms. The molecule has 0 aliphatic heterocycles. The summed E-state index contributed by atoms with van der Waals surface area (Å²) in [5, 5.41) is 25.3. The maximum Gasteiger partial charge on any atom is 0.104 e. The Labute approximate surface area is 655 Å². The van der Waals surface area contributed by atoms with Gasteiger partial charge in [-0.25, -0.2) is 0 Å². The number of fused-ring (bicyclic) bond motifs is 15. The van der Waals surface area contributed by atoms with Crippen LogP contribution in [0.1, 0.15) is 216 Å². The lowest BCUT2D eigenvalue weighted by atomic mass is 9.85. The lowest BCUT2D eigenvalue weighted by Gasteiger charge is -2.30. The number of hydrogen-bond donors (Lipinski definition) is 0. The number of benzene rings is 10. The van der Waals surface area contributed by atoms with Gasteiger partial charge in [0.1, 0.15) is 11.6 Å². The molecule has 0 aliphatic rings. The number of pyridine rings is 2. The molecule has 0 fully saturated rings. The summed E-state index contributed by atoms with van der Waals surface area (Å²) in [6.45, 7) is 55.7. The van der Waals surface area contributed by atoms with Crippen molar-refractivity contribution in [3.63, 3.8) is 0 Å². The average molecular weight is 1460 g/mol. The van der Waals surface area contributed by atoms with Crippen LogP contribution in [0.5, 0.6) is 0 Å². The lowest BCUT2D eigenvalue weighted by Crippen LogP contribution is -2.17. The molecular formula is C103H106N8. The second kappa shape index (κ2) is 24.5. The molecule has 111 heavy (non-hydrogen) atoms. The van der Waals surface area contributed by atoms with Gasteiger partial charge in [-0.05, 0) is 215 Å². The monoisotopic (exact) mass is 1450 g/mol. The number of nitrogens with zero attached hydrogens (tertiary/aromatic N) is 8. The summed E-state index contributed by atoms with van der Waals surface area (Å²) in [5.41, 5.74) is 25.3. The first-order chi connectivity index (χ1) is 52.1. The van der Waals surface area contributed by atoms with Gasteiger partial charge in [0.15, 0.2) is 0 Å². The molecule has 7 heterocycles. The number of aromatic nitrogens is 7. The van der Waals surface area contributed by atoms with E-state index in [1.807, 2.05) is 24.8 Å². The Bertz CT molecular complexity index is 6150. The average Bonchev–Trinajstić information content (AvgIpc) is 1.55. The van der Waals surface area contributed by atoms with Crippen LogP contribution in [0.25, 0.3) is 149 Å². The van der Waals surface area contributed by atoms with Gasteiger partial charge in [-0.1, -0.05) is 227 Å². The predicted octanol–water partition coefficient (Wildman–Crippen LogP) is 27.9. The predicted molar refractivity (Wildman–Crippen MR) is 473 cm³/mol. The van der Waals surface area contributed by atoms with Crippen molar-refractivity contribution in [2.24, 2.45) is 0 Å². The van der Waals surface area contributed by atoms with Gasteiger partial charge < -0.3 is 22.8 Å². The van der Waals surface area contributed by atoms with Crippen molar-refractivity contribution in [2.45, 2.75) is 209 Å². The van der Waals surface area contributed by atoms with Gasteiger partial charge in [0.2, 0.25) is 0 Å². The highest BCUT2D eigenvalue weighted by Crippen LogP contribution is 2.54. The van der Waals surface area contributed by atoms with E-state index >= 15 is 0 Å². The second-order valence-corrected chi connectivity index (χ2v) is 40.1. The van der Waals surface area contributed by atoms with Gasteiger partial charge in [0, 0.05) is 77.5 Å². The molecule has 0 radical (unpaired) electrons. The molecule has 0 spiro atoms. The Kier molecular flexibility index (Phi) is 16.1. The van der Waals surface area contributed by atoms with E-state index < -0.39 is 0 Å². The topological polar surface area (TPSA) is 74.2 Å². The van der Waals surface area contributed by atoms with Crippen molar-refractivity contribution in [1.82, 2.24) is 32.8 Å². The molecule has 7 aromatic heterocycles. The molecule has 17 aromatic rings. The highest BCUT2D eigenvalue weighted by atomic mass is 15.1. The summed E-state index contributed by atoms with van der Waals surface area (Å²) in [5.74, 6) is 0. The van der Waals surface area contributed by atoms with Gasteiger partial charge in [-0.3, -0.25) is 9.97 Å². The Morgan fingerprint density at radius 3 is 0.658 bits per heavy atom. The summed E-state index contributed by atoms with van der Waals surface area (Å²) in [4.78, 5) is 9.55. The molecule has 10 aromatic carbocycles. The van der Waals surface area contributed by atoms with Crippen molar-refractivity contribution in [1.29, 1.82) is 5.26 Å². The van der Waals surface area contributed by atoms with E-state index in [1.54, 1.807) is 0 Å². The highest BCUT2D eigenvalue weighted by Gasteiger charge is 2.38. The zero-order valence-electron chi connectivity index (χ0n) is 69.7. The molecular weight excluding hydrogens is 1350 g/mol. The largest absolute Gasteiger partial charge is 0.306 e. The van der Waals surface area contributed by atoms with E-state index in [0.717, 1.165) is 149 Å². The van der Waals surface area contributed by atoms with Crippen LogP contribution in [0, 0.1) is 11.3 Å². The lowest BCUT2D eigenvalue weighted by molar-refractivity contribution is 0.590. The molecule has 0 atom stereocenters. The third-order valence-corrected chi connectivity index (χ3v) is 24.2. The summed E-state index contributed by atoms with van der Waals surface area (Å²) in [6.07, 6.45) is 7.74. The Hall–Kier alpha value is -11.0. The van der Waals surface area contributed by atoms with Crippen molar-refractivity contribution >= 4 is 109 Å². The van der Waals surface area contributed by atoms with Crippen LogP contribution in [0.15, 0.2) is 207 Å². The van der Waals surface area contributed by atoms with Crippen molar-refractivity contribution < 1.29 is 0 Å². The quantitative estimate of drug-likeness (QED) is 0.166. The SMILES string of the molecule is CC(C)(C)c1ccc2c(c1)c1cc(C(C)(C)C)ccc1n2-c1c(C#N)c(-n2c3ccc(C(C)(C)C)cc3c3cc(C(C)(C)C)ccc32)c(-n2c3ccc(C(C)(C)C)cc3c3cc(C(C)(C)C)ccc32)c(-c2ccc(-n3c4cnccc4c4ccncc43)cc2)c1-n1c2ccc(C(C)(C)C)cc2c2cc(C(C)(C)C)ccc21. The summed E-state index contributed by atoms with van der Waals surface area (Å²) < 4.78 is 12.5. The highest BCUT2D eigenvalue weighted by molar-refractivity contribution is 6.18. The molecule has 8 heteroatoms. The van der Waals surface area contributed by atoms with E-state index in [1.165, 1.54) is 44.5 Å². The van der Waals surface area contributed by atoms with Gasteiger partial charge in [-0.15, -0.1) is 0 Å². The third kappa shape index (κ3) is 11.6. The van der Waals surface area contributed by atoms with Crippen LogP contribution in [-0.4, -0.2) is 32.8 Å². The second-order valence-electron chi connectivity index (χ2n) is 40.1. The molecule has 17 rings (SSSR count). The standard InChI is InChI=1S/C103H106N8/c1-96(2,3)61-27-37-81-72(49-61)73-50-62(97(4,5)6)28-38-82(73)108(81)92-80(57-104)93(109-83-39-29-63(98(7,8)9)51-74(83)75-52-64(99(10,11)12)30-40-84(75)109)95(111-87-43-33-67(102(19,20)21)55-78(87)79-56-68(103(22,23)24)34-44-88(79)111)91(60-25-35-69(36-26-60)107-89-58-105-47-45-70(89)71-46-48-106-59-90(71)107)94(92)110-85-41-31-65(100(13,14)15)53-76(85)77-54-66(101(16,17)18)32-42-86(77)110/h25-56,58-59H,1-24H3. The van der Waals surface area contributed by atoms with E-state index in [4.69, 9.17) is 9.97 Å². The molecule has 8 nitrogen and oxygen atoms in total. The normalized spacial score (nSPS) is 13.4. The minimum absolute atomic E-state index is 0.186. The van der Waals surface area contributed by atoms with Crippen LogP contribution in [-0.2, 0) is 43.3 Å². The van der Waals surface area contributed by atoms with Crippen LogP contribution in [0.4, 0.5) is 0 Å². The zero-order valence-corrected chi connectivity index (χ0v) is 69.7. The van der Waals surface area contributed by atoms with Crippen molar-refractivity contribution in [2.75, 3.05) is 0 Å². The molecule has 0 saturated heterocycles. The summed E-state index contributed by atoms with van der Waals surface area (Å²) in [7, 11) is 0. The van der Waals surface area contributed by atoms with Gasteiger partial charge in [0.05, 0.1) is 90.3 Å². The first kappa shape index (κ1) is 72.8. The minimum atomic E-state index is -0.186. The van der Waals surface area contributed by atoms with Crippen LogP contribution < -0.4 is 0 Å². The molecule has 0 amide bonds. The molecule has 0 saturated carbocycles. The van der Waals surface area contributed by atoms with E-state index in [2.05, 4.69) is 377 Å². The molecule has 0 N–H and O–H groups in total. The van der Waals surface area contributed by atoms with Gasteiger partial charge in [0.25, 0.3) is 0 Å². The first-order valence-corrected chi connectivity index (χ1v) is 39.9. The van der Waals surface area contributed by atoms with E-state index in [9.17, 15) is 5.26 Å². The fourth-order valence-corrected chi connectivity index (χ4v) is 17.5. The van der Waals surface area contributed by atoms with E-state index in [0.29, 0.717) is 5.56 Å². The maximum absolute atomic E-state index is 14.0. The summed E-state index contributed by atoms with van der Waals surface area (Å²) in [6, 6.07) is 74.4. The fourth-order valence-electron chi connectivity index (χ4n) is 17.5. The number of nitriles is 1. The number of hydrogen-bond acceptors (Lipinski definition) is 3. The van der Waals surface area contributed by atoms with Gasteiger partial charge in [-0.2, -0.15) is 5.26 Å². The zero-order chi connectivity index (χ0) is 78.8. The van der Waals surface area contributed by atoms with Crippen LogP contribution in [0.2, 0.25) is 0 Å². The van der Waals surface area contributed by atoms with Gasteiger partial charge >= 0.3 is 0 Å². The van der Waals surface area contributed by atoms with Crippen molar-refractivity contribution in [3.8, 4) is 45.6 Å². The fraction of sp³-hybridized carbons (Fsp3) is 0.311. The minimum Gasteiger partial charge on any atom is -0.306 e. The molecule has 0 aliphatic carbocycles. The smallest absolute Gasteiger partial charge is 0.104 e. The molecule has 558 valence electrons. The maximum atomic E-state index is 14.0. The number of rotatable bonds is 6. The van der Waals surface area contributed by atoms with Crippen LogP contribution >= 0.6 is 0 Å². The van der Waals surface area contributed by atoms with E-state index in [-0.39, 0.29) is 43.3 Å².